The Bertz CT molecular complexity index is 907. The van der Waals surface area contributed by atoms with Gasteiger partial charge in [0.1, 0.15) is 0 Å². The molecule has 2 aromatic carbocycles. The number of sulfonamides is 1. The van der Waals surface area contributed by atoms with Gasteiger partial charge in [-0.1, -0.05) is 26.0 Å². The van der Waals surface area contributed by atoms with Crippen LogP contribution >= 0.6 is 11.8 Å². The highest BCUT2D eigenvalue weighted by atomic mass is 32.2. The number of amides is 1. The molecule has 5 nitrogen and oxygen atoms in total. The van der Waals surface area contributed by atoms with Crippen molar-refractivity contribution < 1.29 is 13.2 Å². The van der Waals surface area contributed by atoms with Gasteiger partial charge in [0, 0.05) is 30.1 Å². The lowest BCUT2D eigenvalue weighted by atomic mass is 10.1. The average Bonchev–Trinajstić information content (AvgIpc) is 2.91. The van der Waals surface area contributed by atoms with Crippen LogP contribution in [0.15, 0.2) is 58.3 Å². The van der Waals surface area contributed by atoms with E-state index >= 15 is 0 Å². The lowest BCUT2D eigenvalue weighted by molar-refractivity contribution is 0.0986. The molecule has 0 bridgehead atoms. The van der Waals surface area contributed by atoms with E-state index in [4.69, 9.17) is 0 Å². The molecule has 2 aromatic rings. The Morgan fingerprint density at radius 1 is 1.07 bits per heavy atom. The Morgan fingerprint density at radius 2 is 1.74 bits per heavy atom. The first-order valence-corrected chi connectivity index (χ1v) is 11.6. The number of hydrogen-bond donors (Lipinski definition) is 0. The highest BCUT2D eigenvalue weighted by Crippen LogP contribution is 2.34. The van der Waals surface area contributed by atoms with Gasteiger partial charge in [-0.05, 0) is 48.6 Å². The Labute approximate surface area is 165 Å². The third-order valence-corrected chi connectivity index (χ3v) is 7.84. The Balaban J connectivity index is 1.89. The van der Waals surface area contributed by atoms with E-state index in [1.165, 1.54) is 16.4 Å². The van der Waals surface area contributed by atoms with E-state index in [9.17, 15) is 13.2 Å². The van der Waals surface area contributed by atoms with E-state index < -0.39 is 10.0 Å². The molecule has 0 unspecified atom stereocenters. The van der Waals surface area contributed by atoms with E-state index in [-0.39, 0.29) is 10.8 Å². The molecule has 0 N–H and O–H groups in total. The van der Waals surface area contributed by atoms with E-state index in [2.05, 4.69) is 0 Å². The Kier molecular flexibility index (Phi) is 6.24. The largest absolute Gasteiger partial charge is 0.307 e. The van der Waals surface area contributed by atoms with Crippen LogP contribution in [0, 0.1) is 0 Å². The summed E-state index contributed by atoms with van der Waals surface area (Å²) in [5.41, 5.74) is 1.42. The molecule has 0 saturated heterocycles. The van der Waals surface area contributed by atoms with Gasteiger partial charge in [0.15, 0.2) is 0 Å². The van der Waals surface area contributed by atoms with Crippen molar-refractivity contribution >= 4 is 33.4 Å². The van der Waals surface area contributed by atoms with E-state index in [0.29, 0.717) is 25.2 Å². The fraction of sp³-hybridized carbons (Fsp3) is 0.350. The predicted octanol–water partition coefficient (Wildman–Crippen LogP) is 3.86. The zero-order valence-electron chi connectivity index (χ0n) is 15.6. The van der Waals surface area contributed by atoms with E-state index in [0.717, 1.165) is 22.8 Å². The van der Waals surface area contributed by atoms with Gasteiger partial charge in [-0.3, -0.25) is 4.79 Å². The molecule has 1 aliphatic rings. The van der Waals surface area contributed by atoms with Crippen LogP contribution in [0.5, 0.6) is 0 Å². The predicted molar refractivity (Wildman–Crippen MR) is 110 cm³/mol. The van der Waals surface area contributed by atoms with Crippen LogP contribution in [0.3, 0.4) is 0 Å². The second-order valence-corrected chi connectivity index (χ2v) is 9.31. The van der Waals surface area contributed by atoms with Crippen LogP contribution in [-0.2, 0) is 10.0 Å². The molecule has 27 heavy (non-hydrogen) atoms. The number of nitrogens with zero attached hydrogens (tertiary/aromatic N) is 2. The second-order valence-electron chi connectivity index (χ2n) is 6.24. The molecule has 0 spiro atoms. The van der Waals surface area contributed by atoms with Gasteiger partial charge in [0.2, 0.25) is 10.0 Å². The molecule has 3 rings (SSSR count). The summed E-state index contributed by atoms with van der Waals surface area (Å²) in [6.45, 7) is 5.12. The summed E-state index contributed by atoms with van der Waals surface area (Å²) in [6, 6.07) is 14.2. The number of rotatable bonds is 5. The van der Waals surface area contributed by atoms with Crippen LogP contribution in [0.4, 0.5) is 5.69 Å². The summed E-state index contributed by atoms with van der Waals surface area (Å²) in [5.74, 6) is 0.874. The molecule has 0 radical (unpaired) electrons. The van der Waals surface area contributed by atoms with Gasteiger partial charge >= 0.3 is 0 Å². The molecule has 1 aliphatic heterocycles. The van der Waals surface area contributed by atoms with Crippen molar-refractivity contribution in [1.82, 2.24) is 4.31 Å². The molecular weight excluding hydrogens is 380 g/mol. The molecule has 0 aromatic heterocycles. The summed E-state index contributed by atoms with van der Waals surface area (Å²) < 4.78 is 26.6. The standard InChI is InChI=1S/C20H24N2O3S2/c1-3-21(4-2)27(24,25)17-12-10-16(11-13-17)20(23)22-14-7-15-26-19-9-6-5-8-18(19)22/h5-6,8-13H,3-4,7,14-15H2,1-2H3. The first-order valence-electron chi connectivity index (χ1n) is 9.13. The first kappa shape index (κ1) is 19.9. The lowest BCUT2D eigenvalue weighted by Gasteiger charge is -2.23. The third kappa shape index (κ3) is 4.05. The number of thioether (sulfide) groups is 1. The van der Waals surface area contributed by atoms with Gasteiger partial charge in [-0.25, -0.2) is 8.42 Å². The van der Waals surface area contributed by atoms with Crippen molar-refractivity contribution in [3.8, 4) is 0 Å². The molecule has 0 aliphatic carbocycles. The van der Waals surface area contributed by atoms with Gasteiger partial charge in [0.25, 0.3) is 5.91 Å². The maximum atomic E-state index is 13.1. The zero-order chi connectivity index (χ0) is 19.4. The molecule has 1 amide bonds. The summed E-state index contributed by atoms with van der Waals surface area (Å²) >= 11 is 1.76. The highest BCUT2D eigenvalue weighted by Gasteiger charge is 2.24. The number of benzene rings is 2. The fourth-order valence-corrected chi connectivity index (χ4v) is 5.63. The second kappa shape index (κ2) is 8.46. The molecule has 1 heterocycles. The van der Waals surface area contributed by atoms with Crippen molar-refractivity contribution in [3.05, 3.63) is 54.1 Å². The number of fused-ring (bicyclic) bond motifs is 1. The number of carbonyl (C=O) groups excluding carboxylic acids is 1. The molecule has 0 saturated carbocycles. The third-order valence-electron chi connectivity index (χ3n) is 4.63. The van der Waals surface area contributed by atoms with Crippen LogP contribution in [0.1, 0.15) is 30.6 Å². The number of hydrogen-bond acceptors (Lipinski definition) is 4. The maximum Gasteiger partial charge on any atom is 0.258 e. The normalized spacial score (nSPS) is 14.7. The minimum absolute atomic E-state index is 0.100. The lowest BCUT2D eigenvalue weighted by Crippen LogP contribution is -2.32. The topological polar surface area (TPSA) is 57.7 Å². The Morgan fingerprint density at radius 3 is 2.41 bits per heavy atom. The van der Waals surface area contributed by atoms with E-state index in [1.54, 1.807) is 28.8 Å². The highest BCUT2D eigenvalue weighted by molar-refractivity contribution is 7.99. The molecular formula is C20H24N2O3S2. The molecule has 0 fully saturated rings. The van der Waals surface area contributed by atoms with Crippen molar-refractivity contribution in [2.75, 3.05) is 30.3 Å². The van der Waals surface area contributed by atoms with Crippen LogP contribution in [-0.4, -0.2) is 44.0 Å². The monoisotopic (exact) mass is 404 g/mol. The average molecular weight is 405 g/mol. The minimum Gasteiger partial charge on any atom is -0.307 e. The Hall–Kier alpha value is -1.83. The van der Waals surface area contributed by atoms with Gasteiger partial charge in [0.05, 0.1) is 10.6 Å². The first-order chi connectivity index (χ1) is 13.0. The number of carbonyl (C=O) groups is 1. The van der Waals surface area contributed by atoms with E-state index in [1.807, 2.05) is 38.1 Å². The minimum atomic E-state index is -3.52. The smallest absolute Gasteiger partial charge is 0.258 e. The van der Waals surface area contributed by atoms with Crippen LogP contribution < -0.4 is 4.90 Å². The molecule has 144 valence electrons. The quantitative estimate of drug-likeness (QED) is 0.759. The molecule has 0 atom stereocenters. The van der Waals surface area contributed by atoms with Crippen LogP contribution in [0.25, 0.3) is 0 Å². The van der Waals surface area contributed by atoms with Crippen molar-refractivity contribution in [1.29, 1.82) is 0 Å². The summed E-state index contributed by atoms with van der Waals surface area (Å²) in [5, 5.41) is 0. The number of anilines is 1. The van der Waals surface area contributed by atoms with Crippen molar-refractivity contribution in [3.63, 3.8) is 0 Å². The van der Waals surface area contributed by atoms with Crippen molar-refractivity contribution in [2.45, 2.75) is 30.1 Å². The molecule has 7 heteroatoms. The summed E-state index contributed by atoms with van der Waals surface area (Å²) in [4.78, 5) is 16.2. The summed E-state index contributed by atoms with van der Waals surface area (Å²) in [6.07, 6.45) is 0.916. The van der Waals surface area contributed by atoms with Crippen LogP contribution in [0.2, 0.25) is 0 Å². The summed E-state index contributed by atoms with van der Waals surface area (Å²) in [7, 11) is -3.52. The van der Waals surface area contributed by atoms with Crippen molar-refractivity contribution in [2.24, 2.45) is 0 Å². The van der Waals surface area contributed by atoms with Gasteiger partial charge < -0.3 is 4.90 Å². The van der Waals surface area contributed by atoms with Gasteiger partial charge in [-0.15, -0.1) is 11.8 Å². The fourth-order valence-electron chi connectivity index (χ4n) is 3.18. The SMILES string of the molecule is CCN(CC)S(=O)(=O)c1ccc(C(=O)N2CCCSc3ccccc32)cc1. The number of para-hydroxylation sites is 1. The maximum absolute atomic E-state index is 13.1. The zero-order valence-corrected chi connectivity index (χ0v) is 17.2. The van der Waals surface area contributed by atoms with Gasteiger partial charge in [-0.2, -0.15) is 4.31 Å².